The van der Waals surface area contributed by atoms with Crippen molar-refractivity contribution >= 4 is 17.8 Å². The zero-order valence-electron chi connectivity index (χ0n) is 25.1. The lowest BCUT2D eigenvalue weighted by atomic mass is 9.47. The molecule has 0 spiro atoms. The highest BCUT2D eigenvalue weighted by Gasteiger charge is 2.63. The van der Waals surface area contributed by atoms with Gasteiger partial charge in [-0.25, -0.2) is 0 Å². The molecule has 40 heavy (non-hydrogen) atoms. The van der Waals surface area contributed by atoms with E-state index in [2.05, 4.69) is 39.1 Å². The Labute approximate surface area is 239 Å². The van der Waals surface area contributed by atoms with Gasteiger partial charge in [0.25, 0.3) is 0 Å². The number of ether oxygens (including phenoxy) is 2. The third kappa shape index (κ3) is 5.34. The first-order valence-electron chi connectivity index (χ1n) is 15.6. The van der Waals surface area contributed by atoms with Crippen molar-refractivity contribution in [3.63, 3.8) is 0 Å². The Balaban J connectivity index is 1.24. The molecule has 7 nitrogen and oxygen atoms in total. The number of hydrogen-bond donors (Lipinski definition) is 2. The smallest absolute Gasteiger partial charge is 0.306 e. The van der Waals surface area contributed by atoms with E-state index in [1.807, 2.05) is 0 Å². The van der Waals surface area contributed by atoms with Crippen LogP contribution in [-0.2, 0) is 23.9 Å². The van der Waals surface area contributed by atoms with Gasteiger partial charge >= 0.3 is 11.9 Å². The van der Waals surface area contributed by atoms with Gasteiger partial charge in [-0.05, 0) is 91.9 Å². The summed E-state index contributed by atoms with van der Waals surface area (Å²) in [5.41, 5.74) is 3.37. The Kier molecular flexibility index (Phi) is 8.15. The second kappa shape index (κ2) is 11.2. The van der Waals surface area contributed by atoms with Crippen molar-refractivity contribution in [1.29, 1.82) is 0 Å². The van der Waals surface area contributed by atoms with Crippen LogP contribution in [0.3, 0.4) is 0 Å². The quantitative estimate of drug-likeness (QED) is 0.260. The van der Waals surface area contributed by atoms with Crippen LogP contribution in [0.5, 0.6) is 0 Å². The molecular formula is C33H49NO6. The summed E-state index contributed by atoms with van der Waals surface area (Å²) in [7, 11) is 0. The van der Waals surface area contributed by atoms with E-state index in [1.54, 1.807) is 6.92 Å². The van der Waals surface area contributed by atoms with Crippen molar-refractivity contribution in [2.24, 2.45) is 40.4 Å². The highest BCUT2D eigenvalue weighted by molar-refractivity contribution is 5.76. The molecule has 1 aliphatic heterocycles. The van der Waals surface area contributed by atoms with Crippen molar-refractivity contribution < 1.29 is 29.0 Å². The zero-order valence-corrected chi connectivity index (χ0v) is 25.1. The van der Waals surface area contributed by atoms with Gasteiger partial charge in [-0.1, -0.05) is 32.4 Å². The molecule has 2 N–H and O–H groups in total. The molecule has 1 amide bonds. The second-order valence-corrected chi connectivity index (χ2v) is 14.1. The van der Waals surface area contributed by atoms with E-state index in [1.165, 1.54) is 29.7 Å². The van der Waals surface area contributed by atoms with Crippen LogP contribution in [0.15, 0.2) is 23.0 Å². The molecule has 3 saturated carbocycles. The summed E-state index contributed by atoms with van der Waals surface area (Å²) >= 11 is 0. The first kappa shape index (κ1) is 29.2. The Bertz CT molecular complexity index is 1090. The summed E-state index contributed by atoms with van der Waals surface area (Å²) in [6.07, 6.45) is 11.8. The SMILES string of the molecule is CC(=O)NC[C@H](C)CCC1=C(C)[C@@H]2[C@H](C[C@@H]3[C@@H]4CC=C5C[C@H](OC(=O)CCC(=O)O)CC[C@]5(C)[C@H]4CC[C@@]32C)O1. The second-order valence-electron chi connectivity index (χ2n) is 14.1. The molecule has 5 rings (SSSR count). The maximum atomic E-state index is 12.2. The van der Waals surface area contributed by atoms with Crippen molar-refractivity contribution in [3.8, 4) is 0 Å². The average molecular weight is 556 g/mol. The van der Waals surface area contributed by atoms with E-state index in [0.717, 1.165) is 51.5 Å². The molecule has 4 aliphatic carbocycles. The minimum Gasteiger partial charge on any atom is -0.494 e. The zero-order chi connectivity index (χ0) is 28.8. The number of carbonyl (C=O) groups excluding carboxylic acids is 2. The van der Waals surface area contributed by atoms with Crippen molar-refractivity contribution in [3.05, 3.63) is 23.0 Å². The normalized spacial score (nSPS) is 38.7. The van der Waals surface area contributed by atoms with Crippen LogP contribution < -0.4 is 5.32 Å². The molecule has 0 radical (unpaired) electrons. The highest BCUT2D eigenvalue weighted by atomic mass is 16.5. The minimum atomic E-state index is -0.963. The largest absolute Gasteiger partial charge is 0.494 e. The van der Waals surface area contributed by atoms with Crippen LogP contribution in [-0.4, -0.2) is 41.7 Å². The molecule has 3 fully saturated rings. The number of fused-ring (bicyclic) bond motifs is 7. The number of amides is 1. The highest BCUT2D eigenvalue weighted by Crippen LogP contribution is 2.69. The summed E-state index contributed by atoms with van der Waals surface area (Å²) in [5, 5.41) is 11.8. The molecule has 1 heterocycles. The van der Waals surface area contributed by atoms with Crippen LogP contribution >= 0.6 is 0 Å². The topological polar surface area (TPSA) is 102 Å². The summed E-state index contributed by atoms with van der Waals surface area (Å²) in [6, 6.07) is 0. The molecule has 0 bridgehead atoms. The van der Waals surface area contributed by atoms with Crippen LogP contribution in [0.25, 0.3) is 0 Å². The van der Waals surface area contributed by atoms with E-state index in [9.17, 15) is 14.4 Å². The lowest BCUT2D eigenvalue weighted by molar-refractivity contribution is -0.154. The fourth-order valence-electron chi connectivity index (χ4n) is 9.56. The van der Waals surface area contributed by atoms with Gasteiger partial charge in [-0.3, -0.25) is 14.4 Å². The summed E-state index contributed by atoms with van der Waals surface area (Å²) < 4.78 is 12.4. The number of allylic oxidation sites excluding steroid dienone is 2. The number of hydrogen-bond acceptors (Lipinski definition) is 5. The number of esters is 1. The van der Waals surface area contributed by atoms with Gasteiger partial charge in [0.2, 0.25) is 5.91 Å². The van der Waals surface area contributed by atoms with Crippen LogP contribution in [0, 0.1) is 40.4 Å². The predicted octanol–water partition coefficient (Wildman–Crippen LogP) is 6.18. The Morgan fingerprint density at radius 3 is 2.67 bits per heavy atom. The number of rotatable bonds is 9. The van der Waals surface area contributed by atoms with Gasteiger partial charge in [0.1, 0.15) is 12.2 Å². The average Bonchev–Trinajstić information content (AvgIpc) is 3.38. The molecule has 0 aromatic carbocycles. The van der Waals surface area contributed by atoms with Gasteiger partial charge < -0.3 is 19.9 Å². The number of nitrogens with one attached hydrogen (secondary N) is 1. The van der Waals surface area contributed by atoms with E-state index in [0.29, 0.717) is 35.7 Å². The Morgan fingerprint density at radius 1 is 1.18 bits per heavy atom. The Hall–Kier alpha value is -2.31. The third-order valence-electron chi connectivity index (χ3n) is 11.7. The summed E-state index contributed by atoms with van der Waals surface area (Å²) in [6.45, 7) is 11.8. The number of carboxylic acids is 1. The lowest BCUT2D eigenvalue weighted by Crippen LogP contribution is -2.50. The first-order valence-corrected chi connectivity index (χ1v) is 15.6. The van der Waals surface area contributed by atoms with E-state index < -0.39 is 5.97 Å². The van der Waals surface area contributed by atoms with Gasteiger partial charge in [0.15, 0.2) is 0 Å². The minimum absolute atomic E-state index is 0.0338. The van der Waals surface area contributed by atoms with Crippen LogP contribution in [0.1, 0.15) is 105 Å². The number of carbonyl (C=O) groups is 3. The lowest BCUT2D eigenvalue weighted by Gasteiger charge is -2.58. The maximum absolute atomic E-state index is 12.2. The third-order valence-corrected chi connectivity index (χ3v) is 11.7. The summed E-state index contributed by atoms with van der Waals surface area (Å²) in [5.74, 6) is 2.83. The van der Waals surface area contributed by atoms with E-state index >= 15 is 0 Å². The van der Waals surface area contributed by atoms with E-state index in [4.69, 9.17) is 14.6 Å². The Morgan fingerprint density at radius 2 is 1.95 bits per heavy atom. The standard InChI is InChI=1S/C33H49NO6/c1-19(18-34-21(3)35)6-9-27-20(2)31-28(40-27)17-26-24-8-7-22-16-23(39-30(38)11-10-29(36)37)12-14-32(22,4)25(24)13-15-33(26,31)5/h7,19,23-26,28,31H,6,8-18H2,1-5H3,(H,34,35)(H,36,37)/t19-,23-,24-,25+,26-,28+,31-,32+,33+/m1/s1. The molecule has 0 unspecified atom stereocenters. The predicted molar refractivity (Wildman–Crippen MR) is 152 cm³/mol. The summed E-state index contributed by atoms with van der Waals surface area (Å²) in [4.78, 5) is 34.3. The fraction of sp³-hybridized carbons (Fsp3) is 0.788. The molecular weight excluding hydrogens is 506 g/mol. The molecule has 0 aromatic heterocycles. The molecule has 0 saturated heterocycles. The number of carboxylic acid groups (broad SMARTS) is 1. The molecule has 0 aromatic rings. The van der Waals surface area contributed by atoms with Crippen molar-refractivity contribution in [2.75, 3.05) is 6.54 Å². The monoisotopic (exact) mass is 555 g/mol. The molecule has 9 atom stereocenters. The van der Waals surface area contributed by atoms with Crippen molar-refractivity contribution in [2.45, 2.75) is 117 Å². The molecule has 222 valence electrons. The number of aliphatic carboxylic acids is 1. The van der Waals surface area contributed by atoms with Gasteiger partial charge in [-0.15, -0.1) is 0 Å². The van der Waals surface area contributed by atoms with Crippen molar-refractivity contribution in [1.82, 2.24) is 5.32 Å². The first-order chi connectivity index (χ1) is 18.9. The molecule has 7 heteroatoms. The van der Waals surface area contributed by atoms with Gasteiger partial charge in [-0.2, -0.15) is 0 Å². The van der Waals surface area contributed by atoms with Crippen LogP contribution in [0.4, 0.5) is 0 Å². The maximum Gasteiger partial charge on any atom is 0.306 e. The molecule has 5 aliphatic rings. The fourth-order valence-corrected chi connectivity index (χ4v) is 9.56. The van der Waals surface area contributed by atoms with Crippen LogP contribution in [0.2, 0.25) is 0 Å². The van der Waals surface area contributed by atoms with Gasteiger partial charge in [0.05, 0.1) is 18.6 Å². The van der Waals surface area contributed by atoms with E-state index in [-0.39, 0.29) is 41.7 Å². The van der Waals surface area contributed by atoms with Gasteiger partial charge in [0, 0.05) is 32.2 Å².